The first kappa shape index (κ1) is 15.3. The molecule has 0 aromatic carbocycles. The second kappa shape index (κ2) is 7.08. The summed E-state index contributed by atoms with van der Waals surface area (Å²) >= 11 is 1.44. The molecule has 2 rings (SSSR count). The molecule has 2 heterocycles. The van der Waals surface area contributed by atoms with Crippen LogP contribution in [0.15, 0.2) is 5.16 Å². The second-order valence-corrected chi connectivity index (χ2v) is 6.40. The van der Waals surface area contributed by atoms with E-state index in [0.717, 1.165) is 30.5 Å². The molecular formula is C13H23N5OS. The Kier molecular flexibility index (Phi) is 5.42. The van der Waals surface area contributed by atoms with Gasteiger partial charge in [0.1, 0.15) is 5.82 Å². The molecular weight excluding hydrogens is 274 g/mol. The Morgan fingerprint density at radius 1 is 1.55 bits per heavy atom. The molecule has 1 aliphatic rings. The number of nitrogens with zero attached hydrogens (tertiary/aromatic N) is 3. The average molecular weight is 297 g/mol. The summed E-state index contributed by atoms with van der Waals surface area (Å²) in [7, 11) is 1.98. The molecule has 2 N–H and O–H groups in total. The number of amides is 1. The molecule has 0 aliphatic carbocycles. The zero-order chi connectivity index (χ0) is 14.5. The van der Waals surface area contributed by atoms with E-state index in [1.165, 1.54) is 18.2 Å². The third-order valence-corrected chi connectivity index (χ3v) is 4.33. The largest absolute Gasteiger partial charge is 0.353 e. The van der Waals surface area contributed by atoms with Gasteiger partial charge in [0, 0.05) is 25.6 Å². The molecule has 1 atom stereocenters. The van der Waals surface area contributed by atoms with Gasteiger partial charge in [-0.15, -0.1) is 10.2 Å². The highest BCUT2D eigenvalue weighted by atomic mass is 32.2. The molecule has 1 amide bonds. The van der Waals surface area contributed by atoms with E-state index in [1.54, 1.807) is 0 Å². The van der Waals surface area contributed by atoms with Crippen molar-refractivity contribution in [1.82, 2.24) is 25.4 Å². The Morgan fingerprint density at radius 2 is 2.35 bits per heavy atom. The van der Waals surface area contributed by atoms with Gasteiger partial charge in [-0.1, -0.05) is 11.8 Å². The lowest BCUT2D eigenvalue weighted by Gasteiger charge is -2.21. The topological polar surface area (TPSA) is 71.8 Å². The number of rotatable bonds is 5. The van der Waals surface area contributed by atoms with Crippen LogP contribution in [0.5, 0.6) is 0 Å². The Bertz CT molecular complexity index is 454. The fraction of sp³-hybridized carbons (Fsp3) is 0.769. The second-order valence-electron chi connectivity index (χ2n) is 5.45. The lowest BCUT2D eigenvalue weighted by molar-refractivity contribution is -0.119. The number of piperidine rings is 1. The predicted molar refractivity (Wildman–Crippen MR) is 79.9 cm³/mol. The molecule has 112 valence electrons. The minimum Gasteiger partial charge on any atom is -0.353 e. The van der Waals surface area contributed by atoms with Crippen LogP contribution in [0, 0.1) is 0 Å². The lowest BCUT2D eigenvalue weighted by atomic mass is 9.99. The minimum atomic E-state index is 0.0360. The van der Waals surface area contributed by atoms with Gasteiger partial charge >= 0.3 is 0 Å². The van der Waals surface area contributed by atoms with E-state index in [2.05, 4.69) is 20.8 Å². The first-order valence-electron chi connectivity index (χ1n) is 7.10. The van der Waals surface area contributed by atoms with Crippen LogP contribution in [-0.2, 0) is 11.8 Å². The zero-order valence-electron chi connectivity index (χ0n) is 12.3. The van der Waals surface area contributed by atoms with E-state index in [0.29, 0.717) is 11.7 Å². The van der Waals surface area contributed by atoms with Crippen LogP contribution in [0.25, 0.3) is 0 Å². The maximum atomic E-state index is 11.6. The van der Waals surface area contributed by atoms with Crippen LogP contribution in [0.2, 0.25) is 0 Å². The molecule has 7 heteroatoms. The smallest absolute Gasteiger partial charge is 0.230 e. The molecule has 0 radical (unpaired) electrons. The summed E-state index contributed by atoms with van der Waals surface area (Å²) in [5.74, 6) is 1.87. The van der Waals surface area contributed by atoms with Crippen molar-refractivity contribution in [3.63, 3.8) is 0 Å². The van der Waals surface area contributed by atoms with Gasteiger partial charge in [0.25, 0.3) is 0 Å². The molecule has 1 unspecified atom stereocenters. The summed E-state index contributed by atoms with van der Waals surface area (Å²) in [5.41, 5.74) is 0. The number of hydrogen-bond acceptors (Lipinski definition) is 5. The highest BCUT2D eigenvalue weighted by Gasteiger charge is 2.21. The van der Waals surface area contributed by atoms with Crippen LogP contribution in [-0.4, -0.2) is 45.6 Å². The lowest BCUT2D eigenvalue weighted by Crippen LogP contribution is -2.31. The number of carbonyl (C=O) groups is 1. The minimum absolute atomic E-state index is 0.0360. The van der Waals surface area contributed by atoms with Crippen molar-refractivity contribution in [3.8, 4) is 0 Å². The van der Waals surface area contributed by atoms with Crippen molar-refractivity contribution in [2.24, 2.45) is 7.05 Å². The molecule has 1 aromatic rings. The third-order valence-electron chi connectivity index (χ3n) is 3.31. The standard InChI is InChI=1S/C13H23N5OS/c1-9(2)15-11(19)8-20-13-17-16-12(18(13)3)10-5-4-6-14-7-10/h9-10,14H,4-8H2,1-3H3,(H,15,19). The van der Waals surface area contributed by atoms with Gasteiger partial charge in [-0.2, -0.15) is 0 Å². The highest BCUT2D eigenvalue weighted by Crippen LogP contribution is 2.24. The number of nitrogens with one attached hydrogen (secondary N) is 2. The number of aromatic nitrogens is 3. The summed E-state index contributed by atoms with van der Waals surface area (Å²) in [4.78, 5) is 11.6. The monoisotopic (exact) mass is 297 g/mol. The fourth-order valence-electron chi connectivity index (χ4n) is 2.37. The third kappa shape index (κ3) is 3.96. The molecule has 1 aromatic heterocycles. The summed E-state index contributed by atoms with van der Waals surface area (Å²) < 4.78 is 2.02. The highest BCUT2D eigenvalue weighted by molar-refractivity contribution is 7.99. The number of hydrogen-bond donors (Lipinski definition) is 2. The SMILES string of the molecule is CC(C)NC(=O)CSc1nnc(C2CCCNC2)n1C. The van der Waals surface area contributed by atoms with Gasteiger partial charge in [0.2, 0.25) is 5.91 Å². The van der Waals surface area contributed by atoms with Gasteiger partial charge in [-0.05, 0) is 33.2 Å². The molecule has 1 fully saturated rings. The Balaban J connectivity index is 1.93. The first-order valence-corrected chi connectivity index (χ1v) is 8.08. The van der Waals surface area contributed by atoms with E-state index >= 15 is 0 Å². The molecule has 0 bridgehead atoms. The molecule has 0 spiro atoms. The van der Waals surface area contributed by atoms with Crippen molar-refractivity contribution in [3.05, 3.63) is 5.82 Å². The fourth-order valence-corrected chi connectivity index (χ4v) is 3.10. The van der Waals surface area contributed by atoms with E-state index in [-0.39, 0.29) is 11.9 Å². The van der Waals surface area contributed by atoms with Gasteiger partial charge in [0.05, 0.1) is 5.75 Å². The number of carbonyl (C=O) groups excluding carboxylic acids is 1. The molecule has 1 saturated heterocycles. The molecule has 0 saturated carbocycles. The van der Waals surface area contributed by atoms with Gasteiger partial charge in [-0.3, -0.25) is 4.79 Å². The van der Waals surface area contributed by atoms with Crippen LogP contribution >= 0.6 is 11.8 Å². The molecule has 6 nitrogen and oxygen atoms in total. The van der Waals surface area contributed by atoms with E-state index in [4.69, 9.17) is 0 Å². The Hall–Kier alpha value is -1.08. The average Bonchev–Trinajstić information content (AvgIpc) is 2.78. The van der Waals surface area contributed by atoms with Gasteiger partial charge in [0.15, 0.2) is 5.16 Å². The van der Waals surface area contributed by atoms with Gasteiger partial charge in [-0.25, -0.2) is 0 Å². The Labute approximate surface area is 124 Å². The van der Waals surface area contributed by atoms with E-state index in [1.807, 2.05) is 25.5 Å². The summed E-state index contributed by atoms with van der Waals surface area (Å²) in [6.07, 6.45) is 2.33. The maximum Gasteiger partial charge on any atom is 0.230 e. The quantitative estimate of drug-likeness (QED) is 0.790. The van der Waals surface area contributed by atoms with Crippen LogP contribution in [0.4, 0.5) is 0 Å². The number of thioether (sulfide) groups is 1. The molecule has 20 heavy (non-hydrogen) atoms. The van der Waals surface area contributed by atoms with E-state index < -0.39 is 0 Å². The first-order chi connectivity index (χ1) is 9.58. The normalized spacial score (nSPS) is 19.3. The summed E-state index contributed by atoms with van der Waals surface area (Å²) in [6, 6.07) is 0.173. The molecule has 1 aliphatic heterocycles. The zero-order valence-corrected chi connectivity index (χ0v) is 13.2. The van der Waals surface area contributed by atoms with Crippen molar-refractivity contribution in [2.75, 3.05) is 18.8 Å². The summed E-state index contributed by atoms with van der Waals surface area (Å²) in [6.45, 7) is 5.97. The van der Waals surface area contributed by atoms with Crippen molar-refractivity contribution in [1.29, 1.82) is 0 Å². The van der Waals surface area contributed by atoms with E-state index in [9.17, 15) is 4.79 Å². The maximum absolute atomic E-state index is 11.6. The van der Waals surface area contributed by atoms with Crippen molar-refractivity contribution >= 4 is 17.7 Å². The van der Waals surface area contributed by atoms with Crippen LogP contribution in [0.3, 0.4) is 0 Å². The van der Waals surface area contributed by atoms with Crippen LogP contribution < -0.4 is 10.6 Å². The van der Waals surface area contributed by atoms with Crippen LogP contribution in [0.1, 0.15) is 38.4 Å². The summed E-state index contributed by atoms with van der Waals surface area (Å²) in [5, 5.41) is 15.6. The van der Waals surface area contributed by atoms with Crippen molar-refractivity contribution < 1.29 is 4.79 Å². The van der Waals surface area contributed by atoms with Gasteiger partial charge < -0.3 is 15.2 Å². The Morgan fingerprint density at radius 3 is 3.00 bits per heavy atom. The predicted octanol–water partition coefficient (Wildman–Crippen LogP) is 0.899. The van der Waals surface area contributed by atoms with Crippen molar-refractivity contribution in [2.45, 2.75) is 43.8 Å².